The summed E-state index contributed by atoms with van der Waals surface area (Å²) in [6, 6.07) is 9.00. The summed E-state index contributed by atoms with van der Waals surface area (Å²) in [6.07, 6.45) is -0.164. The van der Waals surface area contributed by atoms with Gasteiger partial charge in [-0.05, 0) is 43.6 Å². The number of carbonyl (C=O) groups is 2. The first-order chi connectivity index (χ1) is 15.8. The van der Waals surface area contributed by atoms with Crippen LogP contribution in [0.2, 0.25) is 18.1 Å². The molecule has 2 amide bonds. The fourth-order valence-corrected chi connectivity index (χ4v) is 5.70. The zero-order valence-electron chi connectivity index (χ0n) is 20.8. The topological polar surface area (TPSA) is 68.7 Å². The maximum absolute atomic E-state index is 13.4. The molecule has 0 spiro atoms. The molecule has 2 aromatic rings. The van der Waals surface area contributed by atoms with Gasteiger partial charge in [0.2, 0.25) is 5.91 Å². The molecule has 1 fully saturated rings. The first-order valence-corrected chi connectivity index (χ1v) is 15.5. The molecule has 184 valence electrons. The van der Waals surface area contributed by atoms with Crippen LogP contribution in [0.15, 0.2) is 40.7 Å². The number of halogens is 1. The van der Waals surface area contributed by atoms with E-state index in [0.29, 0.717) is 5.03 Å². The predicted molar refractivity (Wildman–Crippen MR) is 139 cm³/mol. The van der Waals surface area contributed by atoms with Gasteiger partial charge in [-0.1, -0.05) is 62.7 Å². The first kappa shape index (κ1) is 26.6. The van der Waals surface area contributed by atoms with Gasteiger partial charge in [-0.3, -0.25) is 4.79 Å². The fourth-order valence-electron chi connectivity index (χ4n) is 3.55. The van der Waals surface area contributed by atoms with Gasteiger partial charge in [0, 0.05) is 10.4 Å². The van der Waals surface area contributed by atoms with Gasteiger partial charge < -0.3 is 9.16 Å². The summed E-state index contributed by atoms with van der Waals surface area (Å²) in [7, 11) is -2.28. The number of rotatable bonds is 7. The summed E-state index contributed by atoms with van der Waals surface area (Å²) in [5.74, 6) is -0.374. The highest BCUT2D eigenvalue weighted by Crippen LogP contribution is 2.40. The van der Waals surface area contributed by atoms with E-state index < -0.39 is 32.7 Å². The number of hydrogen-bond donors (Lipinski definition) is 0. The van der Waals surface area contributed by atoms with Crippen molar-refractivity contribution in [3.05, 3.63) is 57.0 Å². The molecule has 0 N–H and O–H groups in total. The number of aromatic nitrogens is 1. The maximum Gasteiger partial charge on any atom is 0.417 e. The normalized spacial score (nSPS) is 20.4. The van der Waals surface area contributed by atoms with Crippen molar-refractivity contribution in [1.29, 1.82) is 0 Å². The zero-order chi connectivity index (χ0) is 25.3. The molecule has 1 aromatic heterocycles. The molecule has 0 radical (unpaired) electrons. The number of carbonyl (C=O) groups excluding carboxylic acids is 2. The lowest BCUT2D eigenvalue weighted by Crippen LogP contribution is -2.46. The van der Waals surface area contributed by atoms with E-state index >= 15 is 0 Å². The Balaban J connectivity index is 1.85. The van der Waals surface area contributed by atoms with E-state index in [1.54, 1.807) is 6.08 Å². The summed E-state index contributed by atoms with van der Waals surface area (Å²) in [5, 5.41) is 3.14. The summed E-state index contributed by atoms with van der Waals surface area (Å²) in [6.45, 7) is 14.4. The molecule has 1 aromatic carbocycles. The smallest absolute Gasteiger partial charge is 0.417 e. The number of imide groups is 1. The van der Waals surface area contributed by atoms with Crippen LogP contribution < -0.4 is 0 Å². The van der Waals surface area contributed by atoms with Crippen molar-refractivity contribution in [3.8, 4) is 0 Å². The molecule has 34 heavy (non-hydrogen) atoms. The minimum atomic E-state index is -2.28. The van der Waals surface area contributed by atoms with Gasteiger partial charge in [0.15, 0.2) is 8.32 Å². The van der Waals surface area contributed by atoms with E-state index in [2.05, 4.69) is 38.8 Å². The average Bonchev–Trinajstić information content (AvgIpc) is 3.28. The number of thiazole rings is 1. The van der Waals surface area contributed by atoms with Crippen molar-refractivity contribution in [1.82, 2.24) is 9.88 Å². The highest BCUT2D eigenvalue weighted by Gasteiger charge is 2.45. The SMILES string of the molecule is Cc1nc(/C=C(/Cl)[C@H](CC(=O)N2C(=O)O[C@H](c3ccccc3)[C@@H]2C)O[Si](C)(C)C(C)(C)C)cs1. The van der Waals surface area contributed by atoms with Crippen LogP contribution in [0.25, 0.3) is 6.08 Å². The number of hydrogen-bond acceptors (Lipinski definition) is 6. The molecule has 9 heteroatoms. The Hall–Kier alpha value is -2.00. The Bertz CT molecular complexity index is 1060. The van der Waals surface area contributed by atoms with Crippen LogP contribution in [0, 0.1) is 6.92 Å². The van der Waals surface area contributed by atoms with Gasteiger partial charge in [-0.15, -0.1) is 11.3 Å². The van der Waals surface area contributed by atoms with Crippen LogP contribution >= 0.6 is 22.9 Å². The molecule has 3 rings (SSSR count). The van der Waals surface area contributed by atoms with Crippen LogP contribution in [0.3, 0.4) is 0 Å². The standard InChI is InChI=1S/C25H33ClN2O4SSi/c1-16-23(18-11-9-8-10-12-18)31-24(30)28(16)22(29)14-21(32-34(6,7)25(3,4)5)20(26)13-19-15-33-17(2)27-19/h8-13,15-16,21,23H,14H2,1-7H3/b20-13+/t16-,21-,23-/m0/s1. The number of aryl methyl sites for hydroxylation is 1. The molecule has 0 aliphatic carbocycles. The lowest BCUT2D eigenvalue weighted by Gasteiger charge is -2.39. The van der Waals surface area contributed by atoms with Crippen LogP contribution in [-0.4, -0.2) is 42.3 Å². The molecule has 0 bridgehead atoms. The third kappa shape index (κ3) is 5.97. The van der Waals surface area contributed by atoms with E-state index in [1.165, 1.54) is 16.2 Å². The number of cyclic esters (lactones) is 1. The molecule has 1 aliphatic heterocycles. The van der Waals surface area contributed by atoms with Crippen molar-refractivity contribution in [3.63, 3.8) is 0 Å². The second-order valence-corrected chi connectivity index (χ2v) is 16.4. The van der Waals surface area contributed by atoms with Crippen LogP contribution in [0.1, 0.15) is 56.5 Å². The van der Waals surface area contributed by atoms with Crippen LogP contribution in [-0.2, 0) is 14.0 Å². The maximum atomic E-state index is 13.4. The molecule has 0 saturated carbocycles. The number of benzene rings is 1. The van der Waals surface area contributed by atoms with E-state index in [-0.39, 0.29) is 17.4 Å². The average molecular weight is 521 g/mol. The molecule has 6 nitrogen and oxygen atoms in total. The molecule has 1 saturated heterocycles. The molecular formula is C25H33ClN2O4SSi. The molecule has 2 heterocycles. The Morgan fingerprint density at radius 3 is 2.53 bits per heavy atom. The van der Waals surface area contributed by atoms with Crippen LogP contribution in [0.4, 0.5) is 4.79 Å². The molecular weight excluding hydrogens is 488 g/mol. The van der Waals surface area contributed by atoms with Gasteiger partial charge in [0.05, 0.1) is 29.3 Å². The van der Waals surface area contributed by atoms with Crippen LogP contribution in [0.5, 0.6) is 0 Å². The van der Waals surface area contributed by atoms with Crippen molar-refractivity contribution in [2.75, 3.05) is 0 Å². The Kier molecular flexibility index (Phi) is 8.07. The third-order valence-corrected chi connectivity index (χ3v) is 12.1. The summed E-state index contributed by atoms with van der Waals surface area (Å²) >= 11 is 8.26. The van der Waals surface area contributed by atoms with Crippen molar-refractivity contribution in [2.45, 2.75) is 77.4 Å². The van der Waals surface area contributed by atoms with E-state index in [4.69, 9.17) is 20.8 Å². The lowest BCUT2D eigenvalue weighted by molar-refractivity contribution is -0.130. The van der Waals surface area contributed by atoms with E-state index in [0.717, 1.165) is 16.3 Å². The van der Waals surface area contributed by atoms with Crippen molar-refractivity contribution >= 4 is 49.3 Å². The van der Waals surface area contributed by atoms with Crippen molar-refractivity contribution in [2.24, 2.45) is 0 Å². The lowest BCUT2D eigenvalue weighted by atomic mass is 10.0. The van der Waals surface area contributed by atoms with Gasteiger partial charge >= 0.3 is 6.09 Å². The zero-order valence-corrected chi connectivity index (χ0v) is 23.4. The fraction of sp³-hybridized carbons (Fsp3) is 0.480. The number of ether oxygens (including phenoxy) is 1. The Morgan fingerprint density at radius 1 is 1.32 bits per heavy atom. The number of nitrogens with zero attached hydrogens (tertiary/aromatic N) is 2. The Labute approximate surface area is 212 Å². The largest absolute Gasteiger partial charge is 0.439 e. The minimum absolute atomic E-state index is 0.0636. The number of amides is 2. The van der Waals surface area contributed by atoms with Gasteiger partial charge in [-0.25, -0.2) is 14.7 Å². The third-order valence-electron chi connectivity index (χ3n) is 6.50. The first-order valence-electron chi connectivity index (χ1n) is 11.3. The molecule has 3 atom stereocenters. The van der Waals surface area contributed by atoms with Crippen molar-refractivity contribution < 1.29 is 18.8 Å². The van der Waals surface area contributed by atoms with Gasteiger partial charge in [0.1, 0.15) is 6.10 Å². The molecule has 1 aliphatic rings. The highest BCUT2D eigenvalue weighted by atomic mass is 35.5. The summed E-state index contributed by atoms with van der Waals surface area (Å²) in [5.41, 5.74) is 1.58. The minimum Gasteiger partial charge on any atom is -0.439 e. The molecule has 0 unspecified atom stereocenters. The summed E-state index contributed by atoms with van der Waals surface area (Å²) < 4.78 is 12.1. The van der Waals surface area contributed by atoms with Gasteiger partial charge in [0.25, 0.3) is 0 Å². The summed E-state index contributed by atoms with van der Waals surface area (Å²) in [4.78, 5) is 31.7. The second-order valence-electron chi connectivity index (χ2n) is 10.1. The van der Waals surface area contributed by atoms with Gasteiger partial charge in [-0.2, -0.15) is 0 Å². The van der Waals surface area contributed by atoms with E-state index in [1.807, 2.05) is 49.6 Å². The monoisotopic (exact) mass is 520 g/mol. The Morgan fingerprint density at radius 2 is 1.97 bits per heavy atom. The quantitative estimate of drug-likeness (QED) is 0.370. The van der Waals surface area contributed by atoms with E-state index in [9.17, 15) is 9.59 Å². The second kappa shape index (κ2) is 10.3. The highest BCUT2D eigenvalue weighted by molar-refractivity contribution is 7.09. The predicted octanol–water partition coefficient (Wildman–Crippen LogP) is 6.92.